The minimum atomic E-state index is -0.552. The van der Waals surface area contributed by atoms with Crippen molar-refractivity contribution in [2.75, 3.05) is 6.61 Å². The highest BCUT2D eigenvalue weighted by Crippen LogP contribution is 2.32. The van der Waals surface area contributed by atoms with Gasteiger partial charge in [0.25, 0.3) is 5.91 Å². The van der Waals surface area contributed by atoms with Gasteiger partial charge in [0.05, 0.1) is 18.2 Å². The van der Waals surface area contributed by atoms with Crippen molar-refractivity contribution in [3.05, 3.63) is 108 Å². The second kappa shape index (κ2) is 9.45. The van der Waals surface area contributed by atoms with Crippen LogP contribution in [0.3, 0.4) is 0 Å². The smallest absolute Gasteiger partial charge is 0.252 e. The number of hydrogen-bond donors (Lipinski definition) is 3. The Morgan fingerprint density at radius 3 is 2.25 bits per heavy atom. The molecule has 0 aromatic heterocycles. The molecule has 160 valence electrons. The van der Waals surface area contributed by atoms with E-state index in [-0.39, 0.29) is 12.5 Å². The van der Waals surface area contributed by atoms with Gasteiger partial charge in [0.15, 0.2) is 0 Å². The Kier molecular flexibility index (Phi) is 6.29. The van der Waals surface area contributed by atoms with E-state index < -0.39 is 11.9 Å². The zero-order valence-corrected chi connectivity index (χ0v) is 17.5. The molecule has 2 amide bonds. The fourth-order valence-corrected chi connectivity index (χ4v) is 4.00. The van der Waals surface area contributed by atoms with Crippen molar-refractivity contribution in [3.8, 4) is 11.1 Å². The number of aliphatic hydroxyl groups is 1. The van der Waals surface area contributed by atoms with Crippen LogP contribution >= 0.6 is 0 Å². The predicted octanol–water partition coefficient (Wildman–Crippen LogP) is 3.94. The molecule has 1 atom stereocenters. The molecule has 0 aliphatic rings. The maximum absolute atomic E-state index is 13.2. The third-order valence-electron chi connectivity index (χ3n) is 5.52. The molecule has 0 heterocycles. The van der Waals surface area contributed by atoms with Crippen molar-refractivity contribution in [1.29, 1.82) is 0 Å². The molecule has 4 N–H and O–H groups in total. The van der Waals surface area contributed by atoms with E-state index in [0.717, 1.165) is 16.3 Å². The first-order valence-electron chi connectivity index (χ1n) is 10.4. The van der Waals surface area contributed by atoms with Crippen molar-refractivity contribution in [2.24, 2.45) is 5.73 Å². The third kappa shape index (κ3) is 4.38. The van der Waals surface area contributed by atoms with Crippen molar-refractivity contribution in [2.45, 2.75) is 12.5 Å². The number of fused-ring (bicyclic) bond motifs is 1. The Hall–Kier alpha value is -3.96. The topological polar surface area (TPSA) is 92.4 Å². The van der Waals surface area contributed by atoms with Crippen LogP contribution in [0.2, 0.25) is 0 Å². The van der Waals surface area contributed by atoms with Crippen LogP contribution in [-0.4, -0.2) is 29.6 Å². The Morgan fingerprint density at radius 2 is 1.50 bits per heavy atom. The summed E-state index contributed by atoms with van der Waals surface area (Å²) in [4.78, 5) is 25.6. The van der Waals surface area contributed by atoms with Gasteiger partial charge in [-0.3, -0.25) is 9.59 Å². The van der Waals surface area contributed by atoms with E-state index in [1.807, 2.05) is 72.8 Å². The Bertz CT molecular complexity index is 1270. The number of hydrogen-bond acceptors (Lipinski definition) is 3. The normalized spacial score (nSPS) is 11.8. The lowest BCUT2D eigenvalue weighted by atomic mass is 9.91. The molecule has 32 heavy (non-hydrogen) atoms. The van der Waals surface area contributed by atoms with E-state index in [9.17, 15) is 14.7 Å². The van der Waals surface area contributed by atoms with Crippen LogP contribution < -0.4 is 11.1 Å². The molecule has 0 saturated carbocycles. The van der Waals surface area contributed by atoms with Crippen molar-refractivity contribution >= 4 is 22.6 Å². The molecular weight excluding hydrogens is 400 g/mol. The molecule has 0 bridgehead atoms. The van der Waals surface area contributed by atoms with Gasteiger partial charge in [-0.1, -0.05) is 84.9 Å². The lowest BCUT2D eigenvalue weighted by molar-refractivity contribution is 0.0916. The molecule has 0 saturated heterocycles. The van der Waals surface area contributed by atoms with E-state index in [0.29, 0.717) is 28.7 Å². The first-order chi connectivity index (χ1) is 15.6. The molecule has 0 aliphatic heterocycles. The summed E-state index contributed by atoms with van der Waals surface area (Å²) in [6, 6.07) is 27.6. The highest BCUT2D eigenvalue weighted by atomic mass is 16.3. The molecule has 1 unspecified atom stereocenters. The zero-order valence-electron chi connectivity index (χ0n) is 17.5. The van der Waals surface area contributed by atoms with E-state index in [1.54, 1.807) is 18.2 Å². The molecule has 4 aromatic carbocycles. The summed E-state index contributed by atoms with van der Waals surface area (Å²) < 4.78 is 0. The number of nitrogens with one attached hydrogen (secondary N) is 1. The standard InChI is InChI=1S/C27H24N2O3/c28-26(31)25-21-11-5-4-10-19(21)14-15-23(25)22-12-6-7-13-24(22)27(32)29-20(17-30)16-18-8-2-1-3-9-18/h1-15,20,30H,16-17H2,(H2,28,31)(H,29,32). The SMILES string of the molecule is NC(=O)c1c(-c2ccccc2C(=O)NC(CO)Cc2ccccc2)ccc2ccccc12. The van der Waals surface area contributed by atoms with E-state index >= 15 is 0 Å². The fraction of sp³-hybridized carbons (Fsp3) is 0.111. The highest BCUT2D eigenvalue weighted by molar-refractivity contribution is 6.13. The second-order valence-electron chi connectivity index (χ2n) is 7.66. The van der Waals surface area contributed by atoms with Gasteiger partial charge >= 0.3 is 0 Å². The summed E-state index contributed by atoms with van der Waals surface area (Å²) in [5.74, 6) is -0.872. The number of nitrogens with two attached hydrogens (primary N) is 1. The first kappa shape index (κ1) is 21.3. The average molecular weight is 425 g/mol. The first-order valence-corrected chi connectivity index (χ1v) is 10.4. The predicted molar refractivity (Wildman–Crippen MR) is 126 cm³/mol. The molecule has 4 rings (SSSR count). The highest BCUT2D eigenvalue weighted by Gasteiger charge is 2.21. The number of benzene rings is 4. The molecule has 0 radical (unpaired) electrons. The quantitative estimate of drug-likeness (QED) is 0.420. The molecule has 5 nitrogen and oxygen atoms in total. The van der Waals surface area contributed by atoms with Gasteiger partial charge in [0.1, 0.15) is 0 Å². The third-order valence-corrected chi connectivity index (χ3v) is 5.52. The Morgan fingerprint density at radius 1 is 0.812 bits per heavy atom. The number of primary amides is 1. The lowest BCUT2D eigenvalue weighted by Gasteiger charge is -2.19. The average Bonchev–Trinajstić information content (AvgIpc) is 2.83. The van der Waals surface area contributed by atoms with E-state index in [4.69, 9.17) is 5.73 Å². The van der Waals surface area contributed by atoms with E-state index in [1.165, 1.54) is 0 Å². The van der Waals surface area contributed by atoms with Gasteiger partial charge < -0.3 is 16.2 Å². The maximum atomic E-state index is 13.2. The summed E-state index contributed by atoms with van der Waals surface area (Å²) in [6.45, 7) is -0.189. The van der Waals surface area contributed by atoms with Gasteiger partial charge in [-0.15, -0.1) is 0 Å². The van der Waals surface area contributed by atoms with Crippen LogP contribution in [0.15, 0.2) is 91.0 Å². The maximum Gasteiger partial charge on any atom is 0.252 e. The summed E-state index contributed by atoms with van der Waals surface area (Å²) in [5.41, 5.74) is 8.79. The molecule has 0 spiro atoms. The van der Waals surface area contributed by atoms with Gasteiger partial charge in [-0.05, 0) is 39.9 Å². The van der Waals surface area contributed by atoms with Gasteiger partial charge in [-0.2, -0.15) is 0 Å². The molecule has 5 heteroatoms. The van der Waals surface area contributed by atoms with Crippen LogP contribution in [0.25, 0.3) is 21.9 Å². The summed E-state index contributed by atoms with van der Waals surface area (Å²) in [6.07, 6.45) is 0.508. The summed E-state index contributed by atoms with van der Waals surface area (Å²) in [5, 5.41) is 14.4. The molecule has 0 aliphatic carbocycles. The van der Waals surface area contributed by atoms with Crippen molar-refractivity contribution in [3.63, 3.8) is 0 Å². The fourth-order valence-electron chi connectivity index (χ4n) is 4.00. The van der Waals surface area contributed by atoms with Gasteiger partial charge in [-0.25, -0.2) is 0 Å². The Balaban J connectivity index is 1.71. The minimum absolute atomic E-state index is 0.189. The van der Waals surface area contributed by atoms with Crippen LogP contribution in [0, 0.1) is 0 Å². The monoisotopic (exact) mass is 424 g/mol. The molecule has 0 fully saturated rings. The molecular formula is C27H24N2O3. The van der Waals surface area contributed by atoms with Crippen LogP contribution in [-0.2, 0) is 6.42 Å². The largest absolute Gasteiger partial charge is 0.394 e. The van der Waals surface area contributed by atoms with Crippen molar-refractivity contribution < 1.29 is 14.7 Å². The summed E-state index contributed by atoms with van der Waals surface area (Å²) in [7, 11) is 0. The van der Waals surface area contributed by atoms with Crippen LogP contribution in [0.4, 0.5) is 0 Å². The molecule has 4 aromatic rings. The van der Waals surface area contributed by atoms with Gasteiger partial charge in [0.2, 0.25) is 5.91 Å². The Labute approximate surface area is 186 Å². The number of carbonyl (C=O) groups excluding carboxylic acids is 2. The number of carbonyl (C=O) groups is 2. The number of rotatable bonds is 7. The summed E-state index contributed by atoms with van der Waals surface area (Å²) >= 11 is 0. The lowest BCUT2D eigenvalue weighted by Crippen LogP contribution is -2.39. The van der Waals surface area contributed by atoms with E-state index in [2.05, 4.69) is 5.32 Å². The van der Waals surface area contributed by atoms with Crippen molar-refractivity contribution in [1.82, 2.24) is 5.32 Å². The minimum Gasteiger partial charge on any atom is -0.394 e. The zero-order chi connectivity index (χ0) is 22.5. The second-order valence-corrected chi connectivity index (χ2v) is 7.66. The number of amides is 2. The number of aliphatic hydroxyl groups excluding tert-OH is 1. The van der Waals surface area contributed by atoms with Gasteiger partial charge in [0, 0.05) is 5.56 Å². The van der Waals surface area contributed by atoms with Crippen LogP contribution in [0.5, 0.6) is 0 Å². The van der Waals surface area contributed by atoms with Crippen LogP contribution in [0.1, 0.15) is 26.3 Å².